The summed E-state index contributed by atoms with van der Waals surface area (Å²) in [5, 5.41) is 12.2. The molecule has 3 aromatic heterocycles. The smallest absolute Gasteiger partial charge is 0.228 e. The summed E-state index contributed by atoms with van der Waals surface area (Å²) >= 11 is 0. The Morgan fingerprint density at radius 3 is 2.72 bits per heavy atom. The number of hydrogen-bond acceptors (Lipinski definition) is 6. The molecule has 4 rings (SSSR count). The fraction of sp³-hybridized carbons (Fsp3) is 0.0476. The first-order chi connectivity index (χ1) is 14.1. The molecule has 0 bridgehead atoms. The van der Waals surface area contributed by atoms with Crippen LogP contribution in [-0.2, 0) is 11.2 Å². The van der Waals surface area contributed by atoms with Crippen molar-refractivity contribution in [2.45, 2.75) is 6.42 Å². The number of fused-ring (bicyclic) bond motifs is 1. The number of H-pyrrole nitrogens is 1. The van der Waals surface area contributed by atoms with Gasteiger partial charge in [0, 0.05) is 29.5 Å². The number of nitrogens with zero attached hydrogens (tertiary/aromatic N) is 4. The SMILES string of the molecule is N#Cc1ccc(CC(=O)Nc2cncc(C(=O)c3c[nH]c4ncncc34)c2)cc1. The van der Waals surface area contributed by atoms with Crippen LogP contribution in [0.1, 0.15) is 27.0 Å². The maximum absolute atomic E-state index is 12.9. The third-order valence-corrected chi connectivity index (χ3v) is 4.33. The number of pyridine rings is 1. The Hall–Kier alpha value is -4.38. The lowest BCUT2D eigenvalue weighted by Crippen LogP contribution is -2.15. The summed E-state index contributed by atoms with van der Waals surface area (Å²) in [7, 11) is 0. The van der Waals surface area contributed by atoms with Crippen molar-refractivity contribution in [3.05, 3.63) is 83.7 Å². The molecule has 0 radical (unpaired) electrons. The van der Waals surface area contributed by atoms with Gasteiger partial charge in [-0.1, -0.05) is 12.1 Å². The van der Waals surface area contributed by atoms with Gasteiger partial charge in [-0.25, -0.2) is 9.97 Å². The van der Waals surface area contributed by atoms with Crippen molar-refractivity contribution < 1.29 is 9.59 Å². The summed E-state index contributed by atoms with van der Waals surface area (Å²) in [5.41, 5.74) is 3.08. The number of nitrogens with one attached hydrogen (secondary N) is 2. The van der Waals surface area contributed by atoms with Crippen molar-refractivity contribution >= 4 is 28.4 Å². The molecule has 0 aliphatic rings. The zero-order valence-electron chi connectivity index (χ0n) is 15.1. The third-order valence-electron chi connectivity index (χ3n) is 4.33. The standard InChI is InChI=1S/C21H14N6O2/c22-7-14-3-1-13(2-4-14)5-19(28)27-16-6-15(8-23-9-16)20(29)17-11-25-21-18(17)10-24-12-26-21/h1-4,6,8-12H,5H2,(H,27,28)(H,24,25,26). The average molecular weight is 382 g/mol. The minimum atomic E-state index is -0.249. The molecule has 140 valence electrons. The number of amides is 1. The second-order valence-electron chi connectivity index (χ2n) is 6.31. The van der Waals surface area contributed by atoms with E-state index in [-0.39, 0.29) is 18.1 Å². The van der Waals surface area contributed by atoms with Crippen molar-refractivity contribution in [2.24, 2.45) is 0 Å². The lowest BCUT2D eigenvalue weighted by molar-refractivity contribution is -0.115. The van der Waals surface area contributed by atoms with Gasteiger partial charge in [-0.05, 0) is 23.8 Å². The number of rotatable bonds is 5. The molecule has 3 heterocycles. The van der Waals surface area contributed by atoms with E-state index in [9.17, 15) is 9.59 Å². The summed E-state index contributed by atoms with van der Waals surface area (Å²) in [5.74, 6) is -0.497. The monoisotopic (exact) mass is 382 g/mol. The highest BCUT2D eigenvalue weighted by atomic mass is 16.1. The summed E-state index contributed by atoms with van der Waals surface area (Å²) in [6.07, 6.45) is 7.62. The van der Waals surface area contributed by atoms with Crippen molar-refractivity contribution in [3.8, 4) is 6.07 Å². The highest BCUT2D eigenvalue weighted by molar-refractivity contribution is 6.16. The van der Waals surface area contributed by atoms with E-state index >= 15 is 0 Å². The van der Waals surface area contributed by atoms with Crippen LogP contribution in [0.25, 0.3) is 11.0 Å². The van der Waals surface area contributed by atoms with Crippen LogP contribution in [0.3, 0.4) is 0 Å². The van der Waals surface area contributed by atoms with E-state index < -0.39 is 0 Å². The number of carbonyl (C=O) groups excluding carboxylic acids is 2. The van der Waals surface area contributed by atoms with Gasteiger partial charge in [-0.15, -0.1) is 0 Å². The molecular formula is C21H14N6O2. The minimum absolute atomic E-state index is 0.143. The molecule has 0 unspecified atom stereocenters. The largest absolute Gasteiger partial charge is 0.345 e. The molecule has 1 aromatic carbocycles. The Labute approximate surface area is 165 Å². The number of hydrogen-bond donors (Lipinski definition) is 2. The molecule has 0 aliphatic heterocycles. The van der Waals surface area contributed by atoms with Crippen LogP contribution < -0.4 is 5.32 Å². The number of ketones is 1. The van der Waals surface area contributed by atoms with Crippen LogP contribution in [0.5, 0.6) is 0 Å². The first-order valence-electron chi connectivity index (χ1n) is 8.70. The molecule has 0 fully saturated rings. The third kappa shape index (κ3) is 3.84. The van der Waals surface area contributed by atoms with E-state index in [1.165, 1.54) is 18.7 Å². The van der Waals surface area contributed by atoms with Gasteiger partial charge < -0.3 is 10.3 Å². The number of benzene rings is 1. The maximum atomic E-state index is 12.9. The van der Waals surface area contributed by atoms with E-state index in [1.807, 2.05) is 6.07 Å². The van der Waals surface area contributed by atoms with Gasteiger partial charge in [0.15, 0.2) is 5.78 Å². The zero-order chi connectivity index (χ0) is 20.2. The van der Waals surface area contributed by atoms with E-state index in [1.54, 1.807) is 42.7 Å². The van der Waals surface area contributed by atoms with Gasteiger partial charge in [-0.2, -0.15) is 5.26 Å². The molecule has 4 aromatic rings. The Balaban J connectivity index is 1.50. The summed E-state index contributed by atoms with van der Waals surface area (Å²) < 4.78 is 0. The number of aromatic nitrogens is 4. The molecule has 8 nitrogen and oxygen atoms in total. The van der Waals surface area contributed by atoms with E-state index in [0.29, 0.717) is 33.4 Å². The van der Waals surface area contributed by atoms with Crippen LogP contribution in [-0.4, -0.2) is 31.6 Å². The van der Waals surface area contributed by atoms with E-state index in [0.717, 1.165) is 5.56 Å². The van der Waals surface area contributed by atoms with Gasteiger partial charge in [0.2, 0.25) is 5.91 Å². The normalized spacial score (nSPS) is 10.4. The number of aromatic amines is 1. The molecule has 1 amide bonds. The lowest BCUT2D eigenvalue weighted by atomic mass is 10.1. The number of nitriles is 1. The highest BCUT2D eigenvalue weighted by Gasteiger charge is 2.16. The van der Waals surface area contributed by atoms with Gasteiger partial charge >= 0.3 is 0 Å². The lowest BCUT2D eigenvalue weighted by Gasteiger charge is -2.07. The van der Waals surface area contributed by atoms with Gasteiger partial charge in [0.25, 0.3) is 0 Å². The zero-order valence-corrected chi connectivity index (χ0v) is 15.1. The van der Waals surface area contributed by atoms with Gasteiger partial charge in [-0.3, -0.25) is 14.6 Å². The Bertz CT molecular complexity index is 1250. The first-order valence-corrected chi connectivity index (χ1v) is 8.70. The van der Waals surface area contributed by atoms with Crippen molar-refractivity contribution in [2.75, 3.05) is 5.32 Å². The molecule has 0 saturated carbocycles. The van der Waals surface area contributed by atoms with E-state index in [4.69, 9.17) is 5.26 Å². The first kappa shape index (κ1) is 18.0. The molecule has 0 atom stereocenters. The topological polar surface area (TPSA) is 124 Å². The van der Waals surface area contributed by atoms with Crippen LogP contribution >= 0.6 is 0 Å². The molecule has 0 spiro atoms. The Morgan fingerprint density at radius 1 is 1.10 bits per heavy atom. The number of anilines is 1. The van der Waals surface area contributed by atoms with Crippen molar-refractivity contribution in [1.29, 1.82) is 5.26 Å². The van der Waals surface area contributed by atoms with Crippen LogP contribution in [0.15, 0.2) is 61.4 Å². The molecule has 0 saturated heterocycles. The van der Waals surface area contributed by atoms with Crippen LogP contribution in [0.4, 0.5) is 5.69 Å². The van der Waals surface area contributed by atoms with E-state index in [2.05, 4.69) is 25.3 Å². The summed E-state index contributed by atoms with van der Waals surface area (Å²) in [4.78, 5) is 40.2. The Kier molecular flexibility index (Phi) is 4.78. The molecular weight excluding hydrogens is 368 g/mol. The van der Waals surface area contributed by atoms with Crippen molar-refractivity contribution in [1.82, 2.24) is 19.9 Å². The summed E-state index contributed by atoms with van der Waals surface area (Å²) in [6, 6.07) is 10.4. The average Bonchev–Trinajstić information content (AvgIpc) is 3.18. The highest BCUT2D eigenvalue weighted by Crippen LogP contribution is 2.20. The predicted octanol–water partition coefficient (Wildman–Crippen LogP) is 2.64. The second-order valence-corrected chi connectivity index (χ2v) is 6.31. The predicted molar refractivity (Wildman–Crippen MR) is 105 cm³/mol. The fourth-order valence-corrected chi connectivity index (χ4v) is 2.92. The minimum Gasteiger partial charge on any atom is -0.345 e. The van der Waals surface area contributed by atoms with Crippen molar-refractivity contribution in [3.63, 3.8) is 0 Å². The fourth-order valence-electron chi connectivity index (χ4n) is 2.92. The van der Waals surface area contributed by atoms with Crippen LogP contribution in [0.2, 0.25) is 0 Å². The van der Waals surface area contributed by atoms with Crippen LogP contribution in [0, 0.1) is 11.3 Å². The molecule has 0 aliphatic carbocycles. The Morgan fingerprint density at radius 2 is 1.93 bits per heavy atom. The molecule has 8 heteroatoms. The molecule has 29 heavy (non-hydrogen) atoms. The van der Waals surface area contributed by atoms with Gasteiger partial charge in [0.05, 0.1) is 35.5 Å². The second kappa shape index (κ2) is 7.70. The summed E-state index contributed by atoms with van der Waals surface area (Å²) in [6.45, 7) is 0. The number of carbonyl (C=O) groups is 2. The maximum Gasteiger partial charge on any atom is 0.228 e. The van der Waals surface area contributed by atoms with Gasteiger partial charge in [0.1, 0.15) is 12.0 Å². The molecule has 2 N–H and O–H groups in total. The quantitative estimate of drug-likeness (QED) is 0.511.